The maximum Gasteiger partial charge on any atom is 0.122 e. The molecule has 0 heterocycles. The average Bonchev–Trinajstić information content (AvgIpc) is 2.59. The Balaban J connectivity index is 2.06. The molecule has 2 aliphatic rings. The molecule has 0 bridgehead atoms. The van der Waals surface area contributed by atoms with Gasteiger partial charge in [0, 0.05) is 6.07 Å². The predicted molar refractivity (Wildman–Crippen MR) is 111 cm³/mol. The van der Waals surface area contributed by atoms with Crippen LogP contribution in [0.5, 0.6) is 11.5 Å². The summed E-state index contributed by atoms with van der Waals surface area (Å²) in [6.45, 7) is 11.7. The van der Waals surface area contributed by atoms with E-state index in [0.29, 0.717) is 11.3 Å². The predicted octanol–water partition coefficient (Wildman–Crippen LogP) is 5.80. The van der Waals surface area contributed by atoms with Gasteiger partial charge in [-0.2, -0.15) is 0 Å². The van der Waals surface area contributed by atoms with E-state index in [4.69, 9.17) is 9.47 Å². The number of aliphatic hydroxyl groups is 1. The summed E-state index contributed by atoms with van der Waals surface area (Å²) < 4.78 is 11.0. The van der Waals surface area contributed by atoms with Gasteiger partial charge < -0.3 is 14.6 Å². The number of hydrogen-bond donors (Lipinski definition) is 1. The zero-order chi connectivity index (χ0) is 20.0. The Bertz CT molecular complexity index is 656. The van der Waals surface area contributed by atoms with Crippen molar-refractivity contribution in [1.29, 1.82) is 0 Å². The maximum absolute atomic E-state index is 11.5. The van der Waals surface area contributed by atoms with Gasteiger partial charge in [0.1, 0.15) is 11.5 Å². The number of hydrogen-bond acceptors (Lipinski definition) is 3. The second-order valence-electron chi connectivity index (χ2n) is 10.2. The summed E-state index contributed by atoms with van der Waals surface area (Å²) in [4.78, 5) is 0. The van der Waals surface area contributed by atoms with E-state index in [0.717, 1.165) is 24.3 Å². The van der Waals surface area contributed by atoms with Gasteiger partial charge in [0.2, 0.25) is 0 Å². The summed E-state index contributed by atoms with van der Waals surface area (Å²) in [6, 6.07) is 6.15. The van der Waals surface area contributed by atoms with E-state index in [1.54, 1.807) is 14.2 Å². The van der Waals surface area contributed by atoms with Crippen molar-refractivity contribution in [1.82, 2.24) is 0 Å². The molecule has 27 heavy (non-hydrogen) atoms. The first-order valence-electron chi connectivity index (χ1n) is 10.5. The first-order chi connectivity index (χ1) is 12.5. The van der Waals surface area contributed by atoms with Gasteiger partial charge in [-0.15, -0.1) is 0 Å². The molecule has 3 rings (SSSR count). The lowest BCUT2D eigenvalue weighted by molar-refractivity contribution is -0.173. The SMILES string of the molecule is COc1cc(OC)cc(C(C)[C@@H]2[C@@]3(C)CCCC(C)(C)[C@@H]3CC[C@@]2(C)O)c1. The zero-order valence-electron chi connectivity index (χ0n) is 18.3. The minimum atomic E-state index is -0.658. The van der Waals surface area contributed by atoms with Crippen molar-refractivity contribution in [2.45, 2.75) is 78.2 Å². The highest BCUT2D eigenvalue weighted by Gasteiger charge is 2.59. The molecule has 0 aromatic heterocycles. The molecule has 1 aromatic rings. The van der Waals surface area contributed by atoms with E-state index in [9.17, 15) is 5.11 Å². The van der Waals surface area contributed by atoms with E-state index in [-0.39, 0.29) is 17.3 Å². The zero-order valence-corrected chi connectivity index (χ0v) is 18.3. The molecular weight excluding hydrogens is 336 g/mol. The third-order valence-electron chi connectivity index (χ3n) is 8.00. The fourth-order valence-electron chi connectivity index (χ4n) is 6.96. The van der Waals surface area contributed by atoms with Gasteiger partial charge in [-0.3, -0.25) is 0 Å². The fraction of sp³-hybridized carbons (Fsp3) is 0.750. The molecule has 0 saturated heterocycles. The third-order valence-corrected chi connectivity index (χ3v) is 8.00. The minimum Gasteiger partial charge on any atom is -0.497 e. The van der Waals surface area contributed by atoms with Gasteiger partial charge in [0.15, 0.2) is 0 Å². The Hall–Kier alpha value is -1.22. The Morgan fingerprint density at radius 2 is 1.56 bits per heavy atom. The number of methoxy groups -OCH3 is 2. The van der Waals surface area contributed by atoms with Gasteiger partial charge in [0.05, 0.1) is 19.8 Å². The van der Waals surface area contributed by atoms with Gasteiger partial charge in [-0.05, 0) is 78.9 Å². The van der Waals surface area contributed by atoms with Crippen molar-refractivity contribution in [3.63, 3.8) is 0 Å². The minimum absolute atomic E-state index is 0.138. The molecule has 152 valence electrons. The van der Waals surface area contributed by atoms with E-state index in [1.807, 2.05) is 6.07 Å². The van der Waals surface area contributed by atoms with Crippen LogP contribution in [-0.2, 0) is 0 Å². The van der Waals surface area contributed by atoms with Gasteiger partial charge >= 0.3 is 0 Å². The van der Waals surface area contributed by atoms with Gasteiger partial charge in [-0.25, -0.2) is 0 Å². The number of fused-ring (bicyclic) bond motifs is 1. The topological polar surface area (TPSA) is 38.7 Å². The standard InChI is InChI=1S/C24H38O3/c1-16(17-13-18(26-6)15-19(14-17)27-7)21-23(4)11-8-10-22(2,3)20(23)9-12-24(21,5)25/h13-16,20-21,25H,8-12H2,1-7H3/t16?,20-,21+,23-,24+/m0/s1. The second kappa shape index (κ2) is 6.99. The van der Waals surface area contributed by atoms with E-state index in [1.165, 1.54) is 24.8 Å². The molecule has 3 heteroatoms. The largest absolute Gasteiger partial charge is 0.497 e. The molecule has 1 N–H and O–H groups in total. The molecular formula is C24H38O3. The fourth-order valence-corrected chi connectivity index (χ4v) is 6.96. The molecule has 5 atom stereocenters. The van der Waals surface area contributed by atoms with Crippen molar-refractivity contribution in [2.24, 2.45) is 22.7 Å². The molecule has 0 amide bonds. The van der Waals surface area contributed by atoms with Crippen LogP contribution in [0, 0.1) is 22.7 Å². The summed E-state index contributed by atoms with van der Waals surface area (Å²) >= 11 is 0. The first-order valence-corrected chi connectivity index (χ1v) is 10.5. The number of rotatable bonds is 4. The van der Waals surface area contributed by atoms with Crippen LogP contribution < -0.4 is 9.47 Å². The number of ether oxygens (including phenoxy) is 2. The maximum atomic E-state index is 11.5. The van der Waals surface area contributed by atoms with E-state index >= 15 is 0 Å². The summed E-state index contributed by atoms with van der Waals surface area (Å²) in [6.07, 6.45) is 5.76. The Labute approximate surface area is 165 Å². The lowest BCUT2D eigenvalue weighted by Gasteiger charge is -2.62. The summed E-state index contributed by atoms with van der Waals surface area (Å²) in [7, 11) is 3.39. The van der Waals surface area contributed by atoms with E-state index in [2.05, 4.69) is 46.8 Å². The lowest BCUT2D eigenvalue weighted by Crippen LogP contribution is -2.58. The molecule has 0 aliphatic heterocycles. The Morgan fingerprint density at radius 1 is 0.963 bits per heavy atom. The van der Waals surface area contributed by atoms with Crippen molar-refractivity contribution < 1.29 is 14.6 Å². The summed E-state index contributed by atoms with van der Waals surface area (Å²) in [5.74, 6) is 2.72. The Kier molecular flexibility index (Phi) is 5.31. The quantitative estimate of drug-likeness (QED) is 0.724. The highest BCUT2D eigenvalue weighted by Crippen LogP contribution is 2.64. The molecule has 2 saturated carbocycles. The molecule has 0 spiro atoms. The monoisotopic (exact) mass is 374 g/mol. The molecule has 1 unspecified atom stereocenters. The van der Waals surface area contributed by atoms with Crippen LogP contribution in [0.25, 0.3) is 0 Å². The molecule has 2 aliphatic carbocycles. The third kappa shape index (κ3) is 3.48. The van der Waals surface area contributed by atoms with Crippen molar-refractivity contribution in [3.8, 4) is 11.5 Å². The Morgan fingerprint density at radius 3 is 2.11 bits per heavy atom. The summed E-state index contributed by atoms with van der Waals surface area (Å²) in [5.41, 5.74) is 1.02. The first kappa shape index (κ1) is 20.5. The van der Waals surface area contributed by atoms with Crippen LogP contribution in [0.2, 0.25) is 0 Å². The van der Waals surface area contributed by atoms with E-state index < -0.39 is 5.60 Å². The van der Waals surface area contributed by atoms with Crippen LogP contribution in [-0.4, -0.2) is 24.9 Å². The van der Waals surface area contributed by atoms with Crippen LogP contribution in [0.15, 0.2) is 18.2 Å². The highest BCUT2D eigenvalue weighted by molar-refractivity contribution is 5.40. The smallest absolute Gasteiger partial charge is 0.122 e. The van der Waals surface area contributed by atoms with Crippen LogP contribution >= 0.6 is 0 Å². The normalized spacial score (nSPS) is 36.6. The van der Waals surface area contributed by atoms with Crippen LogP contribution in [0.3, 0.4) is 0 Å². The number of benzene rings is 1. The van der Waals surface area contributed by atoms with Crippen molar-refractivity contribution in [2.75, 3.05) is 14.2 Å². The molecule has 3 nitrogen and oxygen atoms in total. The second-order valence-corrected chi connectivity index (χ2v) is 10.2. The molecule has 0 radical (unpaired) electrons. The average molecular weight is 375 g/mol. The van der Waals surface area contributed by atoms with Crippen molar-refractivity contribution in [3.05, 3.63) is 23.8 Å². The van der Waals surface area contributed by atoms with Crippen molar-refractivity contribution >= 4 is 0 Å². The van der Waals surface area contributed by atoms with Crippen LogP contribution in [0.4, 0.5) is 0 Å². The van der Waals surface area contributed by atoms with Gasteiger partial charge in [0.25, 0.3) is 0 Å². The van der Waals surface area contributed by atoms with Crippen LogP contribution in [0.1, 0.15) is 78.2 Å². The highest BCUT2D eigenvalue weighted by atomic mass is 16.5. The summed E-state index contributed by atoms with van der Waals surface area (Å²) in [5, 5.41) is 11.5. The lowest BCUT2D eigenvalue weighted by atomic mass is 9.43. The molecule has 2 fully saturated rings. The molecule has 1 aromatic carbocycles. The van der Waals surface area contributed by atoms with Gasteiger partial charge in [-0.1, -0.05) is 34.1 Å².